The average molecular weight is 313 g/mol. The minimum absolute atomic E-state index is 0.0307. The molecule has 116 valence electrons. The Bertz CT molecular complexity index is 698. The summed E-state index contributed by atoms with van der Waals surface area (Å²) in [6.07, 6.45) is 1.52. The number of aromatic amines is 1. The molecule has 0 bridgehead atoms. The summed E-state index contributed by atoms with van der Waals surface area (Å²) < 4.78 is 25.6. The molecule has 0 spiro atoms. The monoisotopic (exact) mass is 313 g/mol. The van der Waals surface area contributed by atoms with Gasteiger partial charge in [-0.1, -0.05) is 6.92 Å². The Hall–Kier alpha value is -1.94. The van der Waals surface area contributed by atoms with E-state index in [0.29, 0.717) is 36.0 Å². The third-order valence-corrected chi connectivity index (χ3v) is 4.12. The first-order valence-corrected chi connectivity index (χ1v) is 8.37. The van der Waals surface area contributed by atoms with Crippen molar-refractivity contribution in [3.63, 3.8) is 0 Å². The molecule has 2 heterocycles. The van der Waals surface area contributed by atoms with Gasteiger partial charge in [0.05, 0.1) is 12.1 Å². The molecule has 0 aromatic carbocycles. The number of nitrogens with one attached hydrogen (secondary N) is 4. The lowest BCUT2D eigenvalue weighted by molar-refractivity contribution is 0.584. The van der Waals surface area contributed by atoms with Gasteiger partial charge in [0.2, 0.25) is 16.0 Å². The van der Waals surface area contributed by atoms with E-state index in [1.807, 2.05) is 6.92 Å². The molecule has 0 aliphatic rings. The maximum Gasteiger partial charge on any atom is 0.226 e. The van der Waals surface area contributed by atoms with Crippen LogP contribution in [0.5, 0.6) is 0 Å². The highest BCUT2D eigenvalue weighted by molar-refractivity contribution is 7.89. The first-order valence-electron chi connectivity index (χ1n) is 6.72. The Labute approximate surface area is 123 Å². The van der Waals surface area contributed by atoms with Crippen LogP contribution in [0.1, 0.15) is 13.8 Å². The molecule has 21 heavy (non-hydrogen) atoms. The Balaban J connectivity index is 2.12. The van der Waals surface area contributed by atoms with Crippen molar-refractivity contribution in [2.24, 2.45) is 0 Å². The summed E-state index contributed by atoms with van der Waals surface area (Å²) in [7, 11) is -3.26. The summed E-state index contributed by atoms with van der Waals surface area (Å²) in [5, 5.41) is 6.02. The van der Waals surface area contributed by atoms with Crippen molar-refractivity contribution in [2.45, 2.75) is 13.8 Å². The number of sulfonamides is 1. The van der Waals surface area contributed by atoms with Crippen LogP contribution in [0.3, 0.4) is 0 Å². The van der Waals surface area contributed by atoms with Crippen LogP contribution in [-0.2, 0) is 10.0 Å². The van der Waals surface area contributed by atoms with Gasteiger partial charge in [-0.2, -0.15) is 9.97 Å². The molecule has 0 saturated carbocycles. The summed E-state index contributed by atoms with van der Waals surface area (Å²) in [5.41, 5.74) is 1.18. The van der Waals surface area contributed by atoms with Crippen LogP contribution in [0.15, 0.2) is 6.33 Å². The molecule has 9 nitrogen and oxygen atoms in total. The van der Waals surface area contributed by atoms with Gasteiger partial charge in [0.15, 0.2) is 11.5 Å². The molecule has 4 N–H and O–H groups in total. The van der Waals surface area contributed by atoms with Gasteiger partial charge in [-0.3, -0.25) is 0 Å². The molecule has 10 heteroatoms. The number of anilines is 2. The van der Waals surface area contributed by atoms with E-state index >= 15 is 0 Å². The fraction of sp³-hybridized carbons (Fsp3) is 0.545. The van der Waals surface area contributed by atoms with Crippen LogP contribution in [-0.4, -0.2) is 53.7 Å². The molecular weight excluding hydrogens is 294 g/mol. The predicted octanol–water partition coefficient (Wildman–Crippen LogP) is 0.136. The highest BCUT2D eigenvalue weighted by atomic mass is 32.2. The van der Waals surface area contributed by atoms with Crippen LogP contribution in [0, 0.1) is 0 Å². The van der Waals surface area contributed by atoms with Crippen molar-refractivity contribution in [1.29, 1.82) is 0 Å². The van der Waals surface area contributed by atoms with Gasteiger partial charge >= 0.3 is 0 Å². The predicted molar refractivity (Wildman–Crippen MR) is 81.8 cm³/mol. The molecule has 0 unspecified atom stereocenters. The van der Waals surface area contributed by atoms with Gasteiger partial charge in [-0.15, -0.1) is 0 Å². The molecule has 2 rings (SSSR count). The zero-order valence-electron chi connectivity index (χ0n) is 12.0. The zero-order chi connectivity index (χ0) is 15.3. The number of hydrogen-bond donors (Lipinski definition) is 4. The maximum atomic E-state index is 11.6. The SMILES string of the molecule is CCNc1nc(NCCS(=O)(=O)NCC)c2[nH]cnc2n1. The molecule has 0 saturated heterocycles. The standard InChI is InChI=1S/C11H19N7O2S/c1-3-12-11-17-9(8-10(18-11)15-7-14-8)13-5-6-21(19,20)16-4-2/h7,16H,3-6H2,1-2H3,(H3,12,13,14,15,17,18). The van der Waals surface area contributed by atoms with Crippen molar-refractivity contribution in [1.82, 2.24) is 24.7 Å². The lowest BCUT2D eigenvalue weighted by Crippen LogP contribution is -2.29. The maximum absolute atomic E-state index is 11.6. The first kappa shape index (κ1) is 15.4. The number of nitrogens with zero attached hydrogens (tertiary/aromatic N) is 3. The van der Waals surface area contributed by atoms with Crippen LogP contribution in [0.25, 0.3) is 11.2 Å². The second kappa shape index (κ2) is 6.68. The molecule has 0 aliphatic carbocycles. The number of imidazole rings is 1. The summed E-state index contributed by atoms with van der Waals surface area (Å²) in [4.78, 5) is 15.6. The highest BCUT2D eigenvalue weighted by Crippen LogP contribution is 2.18. The lowest BCUT2D eigenvalue weighted by Gasteiger charge is -2.09. The summed E-state index contributed by atoms with van der Waals surface area (Å²) in [6, 6.07) is 0. The summed E-state index contributed by atoms with van der Waals surface area (Å²) in [5.74, 6) is 0.950. The van der Waals surface area contributed by atoms with Crippen LogP contribution in [0.4, 0.5) is 11.8 Å². The van der Waals surface area contributed by atoms with Gasteiger partial charge in [-0.05, 0) is 6.92 Å². The minimum Gasteiger partial charge on any atom is -0.367 e. The van der Waals surface area contributed by atoms with Crippen LogP contribution in [0.2, 0.25) is 0 Å². The molecule has 0 aliphatic heterocycles. The molecule has 0 atom stereocenters. The van der Waals surface area contributed by atoms with Crippen LogP contribution < -0.4 is 15.4 Å². The number of fused-ring (bicyclic) bond motifs is 1. The average Bonchev–Trinajstić information content (AvgIpc) is 2.87. The van der Waals surface area contributed by atoms with Crippen molar-refractivity contribution < 1.29 is 8.42 Å². The third-order valence-electron chi connectivity index (χ3n) is 2.65. The molecule has 0 amide bonds. The molecule has 2 aromatic rings. The molecule has 0 fully saturated rings. The van der Waals surface area contributed by atoms with Crippen molar-refractivity contribution in [3.8, 4) is 0 Å². The van der Waals surface area contributed by atoms with E-state index in [4.69, 9.17) is 0 Å². The fourth-order valence-electron chi connectivity index (χ4n) is 1.79. The second-order valence-corrected chi connectivity index (χ2v) is 6.20. The van der Waals surface area contributed by atoms with E-state index in [2.05, 4.69) is 35.3 Å². The topological polar surface area (TPSA) is 125 Å². The van der Waals surface area contributed by atoms with Crippen LogP contribution >= 0.6 is 0 Å². The second-order valence-electron chi connectivity index (χ2n) is 4.27. The van der Waals surface area contributed by atoms with Crippen molar-refractivity contribution in [3.05, 3.63) is 6.33 Å². The van der Waals surface area contributed by atoms with E-state index in [-0.39, 0.29) is 12.3 Å². The number of rotatable bonds is 8. The fourth-order valence-corrected chi connectivity index (χ4v) is 2.75. The summed E-state index contributed by atoms with van der Waals surface area (Å²) >= 11 is 0. The van der Waals surface area contributed by atoms with E-state index in [1.54, 1.807) is 6.92 Å². The van der Waals surface area contributed by atoms with Gasteiger partial charge in [-0.25, -0.2) is 18.1 Å². The van der Waals surface area contributed by atoms with Gasteiger partial charge in [0, 0.05) is 19.6 Å². The van der Waals surface area contributed by atoms with E-state index in [0.717, 1.165) is 0 Å². The van der Waals surface area contributed by atoms with Crippen molar-refractivity contribution >= 4 is 33.0 Å². The Morgan fingerprint density at radius 2 is 2.00 bits per heavy atom. The third kappa shape index (κ3) is 4.02. The minimum atomic E-state index is -3.26. The Morgan fingerprint density at radius 1 is 1.19 bits per heavy atom. The smallest absolute Gasteiger partial charge is 0.226 e. The van der Waals surface area contributed by atoms with Crippen molar-refractivity contribution in [2.75, 3.05) is 36.0 Å². The van der Waals surface area contributed by atoms with E-state index in [9.17, 15) is 8.42 Å². The quantitative estimate of drug-likeness (QED) is 0.546. The highest BCUT2D eigenvalue weighted by Gasteiger charge is 2.12. The molecular formula is C11H19N7O2S. The molecule has 2 aromatic heterocycles. The number of H-pyrrole nitrogens is 1. The number of aromatic nitrogens is 4. The zero-order valence-corrected chi connectivity index (χ0v) is 12.8. The largest absolute Gasteiger partial charge is 0.367 e. The Morgan fingerprint density at radius 3 is 2.71 bits per heavy atom. The van der Waals surface area contributed by atoms with Gasteiger partial charge in [0.1, 0.15) is 5.52 Å². The van der Waals surface area contributed by atoms with Gasteiger partial charge < -0.3 is 15.6 Å². The summed E-state index contributed by atoms with van der Waals surface area (Å²) in [6.45, 7) is 4.99. The molecule has 0 radical (unpaired) electrons. The lowest BCUT2D eigenvalue weighted by atomic mass is 10.5. The normalized spacial score (nSPS) is 11.7. The number of hydrogen-bond acceptors (Lipinski definition) is 7. The first-order chi connectivity index (χ1) is 10.1. The van der Waals surface area contributed by atoms with E-state index < -0.39 is 10.0 Å². The van der Waals surface area contributed by atoms with E-state index in [1.165, 1.54) is 6.33 Å². The van der Waals surface area contributed by atoms with Gasteiger partial charge in [0.25, 0.3) is 0 Å². The Kier molecular flexibility index (Phi) is 4.91.